The Kier molecular flexibility index (Phi) is 6.70. The van der Waals surface area contributed by atoms with Gasteiger partial charge in [-0.05, 0) is 54.2 Å². The number of aryl methyl sites for hydroxylation is 1. The summed E-state index contributed by atoms with van der Waals surface area (Å²) in [4.78, 5) is 17.3. The number of nitrogens with zero attached hydrogens (tertiary/aromatic N) is 1. The smallest absolute Gasteiger partial charge is 0.255 e. The molecule has 0 saturated heterocycles. The van der Waals surface area contributed by atoms with Gasteiger partial charge in [0.1, 0.15) is 12.4 Å². The molecule has 3 aromatic rings. The third-order valence-electron chi connectivity index (χ3n) is 4.78. The maximum Gasteiger partial charge on any atom is 0.255 e. The van der Waals surface area contributed by atoms with Crippen LogP contribution in [0.4, 0.5) is 5.69 Å². The van der Waals surface area contributed by atoms with E-state index in [1.807, 2.05) is 24.4 Å². The van der Waals surface area contributed by atoms with Crippen molar-refractivity contribution >= 4 is 22.9 Å². The quantitative estimate of drug-likeness (QED) is 0.483. The number of rotatable bonds is 7. The van der Waals surface area contributed by atoms with E-state index in [0.29, 0.717) is 24.0 Å². The molecule has 1 amide bonds. The molecule has 152 valence electrons. The first-order valence-electron chi connectivity index (χ1n) is 9.93. The van der Waals surface area contributed by atoms with Crippen LogP contribution in [-0.2, 0) is 6.61 Å². The molecule has 3 rings (SSSR count). The van der Waals surface area contributed by atoms with Crippen LogP contribution in [0.25, 0.3) is 0 Å². The van der Waals surface area contributed by atoms with E-state index in [2.05, 4.69) is 56.2 Å². The molecule has 0 saturated carbocycles. The number of hydrogen-bond donors (Lipinski definition) is 1. The molecule has 1 heterocycles. The highest BCUT2D eigenvalue weighted by molar-refractivity contribution is 7.09. The Bertz CT molecular complexity index is 949. The first kappa shape index (κ1) is 21.1. The number of anilines is 1. The summed E-state index contributed by atoms with van der Waals surface area (Å²) in [6.07, 6.45) is 0. The third-order valence-corrected chi connectivity index (χ3v) is 5.60. The van der Waals surface area contributed by atoms with E-state index in [9.17, 15) is 4.79 Å². The van der Waals surface area contributed by atoms with Crippen LogP contribution < -0.4 is 10.1 Å². The van der Waals surface area contributed by atoms with Gasteiger partial charge in [0, 0.05) is 16.6 Å². The zero-order valence-electron chi connectivity index (χ0n) is 17.7. The SMILES string of the molecule is Cc1nc(COc2ccc(C(=O)Nc3c(C(C)C)cccc3C(C)C)cc2)cs1. The molecule has 4 nitrogen and oxygen atoms in total. The number of benzene rings is 2. The average Bonchev–Trinajstić information content (AvgIpc) is 3.11. The fourth-order valence-corrected chi connectivity index (χ4v) is 3.81. The molecule has 0 spiro atoms. The molecule has 0 atom stereocenters. The van der Waals surface area contributed by atoms with Gasteiger partial charge in [-0.25, -0.2) is 4.98 Å². The van der Waals surface area contributed by atoms with Gasteiger partial charge in [-0.3, -0.25) is 4.79 Å². The van der Waals surface area contributed by atoms with Gasteiger partial charge >= 0.3 is 0 Å². The Morgan fingerprint density at radius 2 is 1.66 bits per heavy atom. The second-order valence-corrected chi connectivity index (χ2v) is 8.81. The molecule has 0 bridgehead atoms. The number of nitrogens with one attached hydrogen (secondary N) is 1. The Morgan fingerprint density at radius 1 is 1.03 bits per heavy atom. The van der Waals surface area contributed by atoms with Crippen molar-refractivity contribution in [3.05, 3.63) is 75.2 Å². The van der Waals surface area contributed by atoms with Gasteiger partial charge in [0.05, 0.1) is 10.7 Å². The fourth-order valence-electron chi connectivity index (χ4n) is 3.22. The van der Waals surface area contributed by atoms with Crippen LogP contribution >= 0.6 is 11.3 Å². The first-order chi connectivity index (χ1) is 13.8. The molecule has 0 fully saturated rings. The minimum absolute atomic E-state index is 0.110. The van der Waals surface area contributed by atoms with E-state index < -0.39 is 0 Å². The Labute approximate surface area is 177 Å². The summed E-state index contributed by atoms with van der Waals surface area (Å²) >= 11 is 1.61. The number of carbonyl (C=O) groups is 1. The van der Waals surface area contributed by atoms with Gasteiger partial charge in [-0.2, -0.15) is 0 Å². The van der Waals surface area contributed by atoms with Gasteiger partial charge in [0.15, 0.2) is 0 Å². The van der Waals surface area contributed by atoms with E-state index in [1.165, 1.54) is 0 Å². The maximum atomic E-state index is 12.9. The first-order valence-corrected chi connectivity index (χ1v) is 10.8. The van der Waals surface area contributed by atoms with Crippen LogP contribution in [0.3, 0.4) is 0 Å². The average molecular weight is 409 g/mol. The summed E-state index contributed by atoms with van der Waals surface area (Å²) in [5.41, 5.74) is 4.77. The largest absolute Gasteiger partial charge is 0.487 e. The molecular formula is C24H28N2O2S. The van der Waals surface area contributed by atoms with E-state index >= 15 is 0 Å². The fraction of sp³-hybridized carbons (Fsp3) is 0.333. The van der Waals surface area contributed by atoms with E-state index in [4.69, 9.17) is 4.74 Å². The number of hydrogen-bond acceptors (Lipinski definition) is 4. The van der Waals surface area contributed by atoms with E-state index in [-0.39, 0.29) is 5.91 Å². The number of aromatic nitrogens is 1. The zero-order chi connectivity index (χ0) is 21.0. The molecular weight excluding hydrogens is 380 g/mol. The predicted octanol–water partition coefficient (Wildman–Crippen LogP) is 6.53. The van der Waals surface area contributed by atoms with Crippen molar-refractivity contribution in [2.75, 3.05) is 5.32 Å². The lowest BCUT2D eigenvalue weighted by molar-refractivity contribution is 0.102. The lowest BCUT2D eigenvalue weighted by atomic mass is 9.92. The third kappa shape index (κ3) is 5.24. The molecule has 29 heavy (non-hydrogen) atoms. The molecule has 0 unspecified atom stereocenters. The standard InChI is InChI=1S/C24H28N2O2S/c1-15(2)21-7-6-8-22(16(3)4)23(21)26-24(27)18-9-11-20(12-10-18)28-13-19-14-29-17(5)25-19/h6-12,14-16H,13H2,1-5H3,(H,26,27). The number of amides is 1. The van der Waals surface area contributed by atoms with Crippen LogP contribution in [0.5, 0.6) is 5.75 Å². The molecule has 5 heteroatoms. The minimum Gasteiger partial charge on any atom is -0.487 e. The van der Waals surface area contributed by atoms with Crippen LogP contribution in [0.2, 0.25) is 0 Å². The molecule has 1 aromatic heterocycles. The number of thiazole rings is 1. The van der Waals surface area contributed by atoms with Crippen molar-refractivity contribution in [2.45, 2.75) is 53.1 Å². The molecule has 0 aliphatic carbocycles. The number of para-hydroxylation sites is 1. The lowest BCUT2D eigenvalue weighted by Gasteiger charge is -2.20. The monoisotopic (exact) mass is 408 g/mol. The summed E-state index contributed by atoms with van der Waals surface area (Å²) in [6, 6.07) is 13.5. The van der Waals surface area contributed by atoms with Gasteiger partial charge < -0.3 is 10.1 Å². The highest BCUT2D eigenvalue weighted by Crippen LogP contribution is 2.32. The minimum atomic E-state index is -0.110. The summed E-state index contributed by atoms with van der Waals surface area (Å²) in [5, 5.41) is 6.17. The molecule has 0 aliphatic heterocycles. The van der Waals surface area contributed by atoms with Crippen molar-refractivity contribution in [1.29, 1.82) is 0 Å². The summed E-state index contributed by atoms with van der Waals surface area (Å²) < 4.78 is 5.77. The van der Waals surface area contributed by atoms with Crippen molar-refractivity contribution < 1.29 is 9.53 Å². The lowest BCUT2D eigenvalue weighted by Crippen LogP contribution is -2.16. The highest BCUT2D eigenvalue weighted by Gasteiger charge is 2.16. The maximum absolute atomic E-state index is 12.9. The van der Waals surface area contributed by atoms with Crippen molar-refractivity contribution in [3.8, 4) is 5.75 Å². The summed E-state index contributed by atoms with van der Waals surface area (Å²) in [5.74, 6) is 1.27. The van der Waals surface area contributed by atoms with Crippen molar-refractivity contribution in [1.82, 2.24) is 4.98 Å². The summed E-state index contributed by atoms with van der Waals surface area (Å²) in [6.45, 7) is 11.0. The Morgan fingerprint density at radius 3 is 2.17 bits per heavy atom. The van der Waals surface area contributed by atoms with E-state index in [1.54, 1.807) is 23.5 Å². The molecule has 1 N–H and O–H groups in total. The highest BCUT2D eigenvalue weighted by atomic mass is 32.1. The van der Waals surface area contributed by atoms with Crippen LogP contribution in [0, 0.1) is 6.92 Å². The normalized spacial score (nSPS) is 11.1. The second-order valence-electron chi connectivity index (χ2n) is 7.75. The van der Waals surface area contributed by atoms with Crippen LogP contribution in [-0.4, -0.2) is 10.9 Å². The van der Waals surface area contributed by atoms with E-state index in [0.717, 1.165) is 33.3 Å². The molecule has 2 aromatic carbocycles. The molecule has 0 aliphatic rings. The topological polar surface area (TPSA) is 51.2 Å². The predicted molar refractivity (Wildman–Crippen MR) is 120 cm³/mol. The van der Waals surface area contributed by atoms with Gasteiger partial charge in [0.25, 0.3) is 5.91 Å². The number of carbonyl (C=O) groups excluding carboxylic acids is 1. The van der Waals surface area contributed by atoms with Crippen LogP contribution in [0.15, 0.2) is 47.8 Å². The zero-order valence-corrected chi connectivity index (χ0v) is 18.5. The summed E-state index contributed by atoms with van der Waals surface area (Å²) in [7, 11) is 0. The van der Waals surface area contributed by atoms with Crippen molar-refractivity contribution in [2.24, 2.45) is 0 Å². The Balaban J connectivity index is 1.73. The van der Waals surface area contributed by atoms with Gasteiger partial charge in [-0.15, -0.1) is 11.3 Å². The van der Waals surface area contributed by atoms with Crippen LogP contribution in [0.1, 0.15) is 71.7 Å². The second kappa shape index (κ2) is 9.23. The Hall–Kier alpha value is -2.66. The van der Waals surface area contributed by atoms with Gasteiger partial charge in [-0.1, -0.05) is 45.9 Å². The van der Waals surface area contributed by atoms with Crippen molar-refractivity contribution in [3.63, 3.8) is 0 Å². The number of ether oxygens (including phenoxy) is 1. The van der Waals surface area contributed by atoms with Gasteiger partial charge in [0.2, 0.25) is 0 Å². The molecule has 0 radical (unpaired) electrons.